The maximum absolute atomic E-state index is 12.7. The number of benzene rings is 1. The fraction of sp³-hybridized carbons (Fsp3) is 0.625. The van der Waals surface area contributed by atoms with E-state index in [1.54, 1.807) is 12.1 Å². The third-order valence-electron chi connectivity index (χ3n) is 4.50. The number of hydrogen-bond donors (Lipinski definition) is 2. The molecule has 0 heterocycles. The van der Waals surface area contributed by atoms with Crippen molar-refractivity contribution in [2.75, 3.05) is 5.73 Å². The largest absolute Gasteiger partial charge is 0.399 e. The van der Waals surface area contributed by atoms with E-state index in [1.807, 2.05) is 13.0 Å². The summed E-state index contributed by atoms with van der Waals surface area (Å²) in [7, 11) is -3.50. The van der Waals surface area contributed by atoms with Gasteiger partial charge in [0, 0.05) is 11.7 Å². The first-order valence-electron chi connectivity index (χ1n) is 7.88. The summed E-state index contributed by atoms with van der Waals surface area (Å²) in [6.45, 7) is 4.09. The van der Waals surface area contributed by atoms with Crippen LogP contribution in [0.1, 0.15) is 51.5 Å². The molecule has 1 saturated carbocycles. The minimum absolute atomic E-state index is 0.0555. The van der Waals surface area contributed by atoms with Crippen LogP contribution in [0.25, 0.3) is 0 Å². The second-order valence-electron chi connectivity index (χ2n) is 5.90. The molecule has 1 aromatic rings. The Bertz CT molecular complexity index is 584. The van der Waals surface area contributed by atoms with Gasteiger partial charge in [-0.3, -0.25) is 0 Å². The summed E-state index contributed by atoms with van der Waals surface area (Å²) in [5, 5.41) is 0. The highest BCUT2D eigenvalue weighted by Crippen LogP contribution is 2.29. The molecule has 2 atom stereocenters. The van der Waals surface area contributed by atoms with E-state index < -0.39 is 10.0 Å². The average Bonchev–Trinajstić information content (AvgIpc) is 2.47. The first-order valence-corrected chi connectivity index (χ1v) is 9.37. The van der Waals surface area contributed by atoms with Crippen LogP contribution in [0.4, 0.5) is 5.69 Å². The van der Waals surface area contributed by atoms with Crippen LogP contribution in [-0.4, -0.2) is 14.5 Å². The molecule has 2 rings (SSSR count). The SMILES string of the molecule is CCc1ccc(N)cc1S(=O)(=O)NC1CCCCC1CC. The van der Waals surface area contributed by atoms with Crippen molar-refractivity contribution >= 4 is 15.7 Å². The first-order chi connectivity index (χ1) is 9.97. The van der Waals surface area contributed by atoms with Crippen LogP contribution >= 0.6 is 0 Å². The van der Waals surface area contributed by atoms with Crippen molar-refractivity contribution < 1.29 is 8.42 Å². The molecule has 0 aliphatic heterocycles. The molecule has 0 saturated heterocycles. The zero-order valence-corrected chi connectivity index (χ0v) is 13.7. The summed E-state index contributed by atoms with van der Waals surface area (Å²) in [6, 6.07) is 5.19. The Labute approximate surface area is 128 Å². The van der Waals surface area contributed by atoms with E-state index in [1.165, 1.54) is 6.42 Å². The number of nitrogens with two attached hydrogens (primary N) is 1. The van der Waals surface area contributed by atoms with Gasteiger partial charge < -0.3 is 5.73 Å². The third kappa shape index (κ3) is 3.77. The molecule has 1 fully saturated rings. The summed E-state index contributed by atoms with van der Waals surface area (Å²) in [5.41, 5.74) is 7.08. The second-order valence-corrected chi connectivity index (χ2v) is 7.58. The standard InChI is InChI=1S/C16H26N2O2S/c1-3-12-7-5-6-8-15(12)18-21(19,20)16-11-14(17)10-9-13(16)4-2/h9-12,15,18H,3-8,17H2,1-2H3. The van der Waals surface area contributed by atoms with Gasteiger partial charge in [0.2, 0.25) is 10.0 Å². The molecule has 4 nitrogen and oxygen atoms in total. The number of sulfonamides is 1. The summed E-state index contributed by atoms with van der Waals surface area (Å²) >= 11 is 0. The molecule has 1 aliphatic carbocycles. The van der Waals surface area contributed by atoms with Crippen LogP contribution in [0.15, 0.2) is 23.1 Å². The first kappa shape index (κ1) is 16.3. The number of rotatable bonds is 5. The van der Waals surface area contributed by atoms with Crippen molar-refractivity contribution in [1.29, 1.82) is 0 Å². The highest BCUT2D eigenvalue weighted by atomic mass is 32.2. The molecule has 0 bridgehead atoms. The number of aryl methyl sites for hydroxylation is 1. The monoisotopic (exact) mass is 310 g/mol. The van der Waals surface area contributed by atoms with Crippen molar-refractivity contribution in [3.8, 4) is 0 Å². The van der Waals surface area contributed by atoms with Crippen molar-refractivity contribution in [2.24, 2.45) is 5.92 Å². The van der Waals surface area contributed by atoms with Gasteiger partial charge in [0.05, 0.1) is 4.90 Å². The van der Waals surface area contributed by atoms with Crippen LogP contribution in [0.2, 0.25) is 0 Å². The lowest BCUT2D eigenvalue weighted by Crippen LogP contribution is -2.42. The van der Waals surface area contributed by atoms with Crippen molar-refractivity contribution in [1.82, 2.24) is 4.72 Å². The Morgan fingerprint density at radius 1 is 1.24 bits per heavy atom. The van der Waals surface area contributed by atoms with E-state index in [-0.39, 0.29) is 6.04 Å². The summed E-state index contributed by atoms with van der Waals surface area (Å²) in [4.78, 5) is 0.338. The lowest BCUT2D eigenvalue weighted by molar-refractivity contribution is 0.282. The quantitative estimate of drug-likeness (QED) is 0.821. The van der Waals surface area contributed by atoms with Gasteiger partial charge in [-0.05, 0) is 42.9 Å². The highest BCUT2D eigenvalue weighted by Gasteiger charge is 2.29. The predicted molar refractivity (Wildman–Crippen MR) is 86.6 cm³/mol. The van der Waals surface area contributed by atoms with Crippen molar-refractivity contribution in [3.05, 3.63) is 23.8 Å². The third-order valence-corrected chi connectivity index (χ3v) is 6.07. The van der Waals surface area contributed by atoms with E-state index in [0.29, 0.717) is 22.9 Å². The lowest BCUT2D eigenvalue weighted by Gasteiger charge is -2.31. The van der Waals surface area contributed by atoms with Crippen LogP contribution in [0, 0.1) is 5.92 Å². The van der Waals surface area contributed by atoms with Crippen LogP contribution in [-0.2, 0) is 16.4 Å². The summed E-state index contributed by atoms with van der Waals surface area (Å²) in [5.74, 6) is 0.444. The molecular formula is C16H26N2O2S. The zero-order chi connectivity index (χ0) is 15.5. The van der Waals surface area contributed by atoms with E-state index >= 15 is 0 Å². The van der Waals surface area contributed by atoms with Crippen LogP contribution in [0.5, 0.6) is 0 Å². The minimum atomic E-state index is -3.50. The van der Waals surface area contributed by atoms with E-state index in [4.69, 9.17) is 5.73 Å². The van der Waals surface area contributed by atoms with Gasteiger partial charge >= 0.3 is 0 Å². The fourth-order valence-corrected chi connectivity index (χ4v) is 4.91. The highest BCUT2D eigenvalue weighted by molar-refractivity contribution is 7.89. The molecule has 3 N–H and O–H groups in total. The molecule has 118 valence electrons. The van der Waals surface area contributed by atoms with Gasteiger partial charge in [-0.2, -0.15) is 0 Å². The Hall–Kier alpha value is -1.07. The van der Waals surface area contributed by atoms with Crippen molar-refractivity contribution in [3.63, 3.8) is 0 Å². The van der Waals surface area contributed by atoms with Gasteiger partial charge in [-0.15, -0.1) is 0 Å². The smallest absolute Gasteiger partial charge is 0.241 e. The molecule has 0 spiro atoms. The molecule has 0 amide bonds. The Morgan fingerprint density at radius 2 is 1.95 bits per heavy atom. The van der Waals surface area contributed by atoms with E-state index in [0.717, 1.165) is 31.2 Å². The molecule has 0 aromatic heterocycles. The Morgan fingerprint density at radius 3 is 2.62 bits per heavy atom. The number of nitrogens with one attached hydrogen (secondary N) is 1. The summed E-state index contributed by atoms with van der Waals surface area (Å²) in [6.07, 6.45) is 6.04. The Kier molecular flexibility index (Phi) is 5.27. The van der Waals surface area contributed by atoms with Crippen LogP contribution in [0.3, 0.4) is 0 Å². The lowest BCUT2D eigenvalue weighted by atomic mass is 9.83. The van der Waals surface area contributed by atoms with Crippen LogP contribution < -0.4 is 10.5 Å². The normalized spacial score (nSPS) is 23.1. The predicted octanol–water partition coefficient (Wildman–Crippen LogP) is 3.08. The molecule has 21 heavy (non-hydrogen) atoms. The molecular weight excluding hydrogens is 284 g/mol. The van der Waals surface area contributed by atoms with Crippen molar-refractivity contribution in [2.45, 2.75) is 63.3 Å². The van der Waals surface area contributed by atoms with Gasteiger partial charge in [0.15, 0.2) is 0 Å². The molecule has 2 unspecified atom stereocenters. The molecule has 1 aromatic carbocycles. The molecule has 1 aliphatic rings. The minimum Gasteiger partial charge on any atom is -0.399 e. The van der Waals surface area contributed by atoms with Gasteiger partial charge in [-0.1, -0.05) is 39.2 Å². The van der Waals surface area contributed by atoms with E-state index in [2.05, 4.69) is 11.6 Å². The molecule has 5 heteroatoms. The topological polar surface area (TPSA) is 72.2 Å². The average molecular weight is 310 g/mol. The number of anilines is 1. The molecule has 0 radical (unpaired) electrons. The maximum Gasteiger partial charge on any atom is 0.241 e. The maximum atomic E-state index is 12.7. The van der Waals surface area contributed by atoms with E-state index in [9.17, 15) is 8.42 Å². The van der Waals surface area contributed by atoms with Gasteiger partial charge in [0.1, 0.15) is 0 Å². The summed E-state index contributed by atoms with van der Waals surface area (Å²) < 4.78 is 28.4. The van der Waals surface area contributed by atoms with Gasteiger partial charge in [0.25, 0.3) is 0 Å². The second kappa shape index (κ2) is 6.79. The number of nitrogen functional groups attached to an aromatic ring is 1. The Balaban J connectivity index is 2.27. The van der Waals surface area contributed by atoms with Gasteiger partial charge in [-0.25, -0.2) is 13.1 Å². The zero-order valence-electron chi connectivity index (χ0n) is 12.9. The fourth-order valence-electron chi connectivity index (χ4n) is 3.23. The number of hydrogen-bond acceptors (Lipinski definition) is 3.